The Morgan fingerprint density at radius 3 is 2.44 bits per heavy atom. The molecule has 1 aliphatic rings. The van der Waals surface area contributed by atoms with Gasteiger partial charge in [-0.25, -0.2) is 0 Å². The molecule has 0 spiro atoms. The topological polar surface area (TPSA) is 49.7 Å². The molecular formula is C29H40O3. The minimum Gasteiger partial charge on any atom is -0.504 e. The molecule has 0 unspecified atom stereocenters. The van der Waals surface area contributed by atoms with E-state index in [1.54, 1.807) is 6.07 Å². The lowest BCUT2D eigenvalue weighted by molar-refractivity contribution is 0.284. The molecule has 1 saturated carbocycles. The molecule has 2 aromatic rings. The third-order valence-corrected chi connectivity index (χ3v) is 7.00. The lowest BCUT2D eigenvalue weighted by Crippen LogP contribution is -2.14. The highest BCUT2D eigenvalue weighted by Crippen LogP contribution is 2.40. The molecule has 3 nitrogen and oxygen atoms in total. The van der Waals surface area contributed by atoms with Crippen LogP contribution < -0.4 is 4.74 Å². The number of phenolic OH excluding ortho intramolecular Hbond substituents is 1. The Bertz CT molecular complexity index is 878. The highest BCUT2D eigenvalue weighted by molar-refractivity contribution is 5.68. The number of aromatic hydroxyl groups is 1. The standard InChI is InChI=1S/C29H40O3/c1-4-5-6-7-23-8-10-24(11-9-23)27-14-12-25(18-22(27)3)26-13-15-28(31)29(19-26)32-17-16-21(2)20-30/h12-15,18-19,23-24,30-31H,2,4-11,16-17,20H2,1,3H3. The van der Waals surface area contributed by atoms with Crippen LogP contribution in [0.4, 0.5) is 0 Å². The molecule has 0 heterocycles. The molecule has 3 heteroatoms. The molecule has 2 aromatic carbocycles. The summed E-state index contributed by atoms with van der Waals surface area (Å²) in [6, 6.07) is 12.3. The van der Waals surface area contributed by atoms with Crippen LogP contribution in [0.2, 0.25) is 0 Å². The van der Waals surface area contributed by atoms with Crippen LogP contribution in [0.15, 0.2) is 48.6 Å². The van der Waals surface area contributed by atoms with Gasteiger partial charge in [0, 0.05) is 6.42 Å². The van der Waals surface area contributed by atoms with Gasteiger partial charge in [0.2, 0.25) is 0 Å². The Morgan fingerprint density at radius 1 is 1.03 bits per heavy atom. The fourth-order valence-electron chi connectivity index (χ4n) is 4.95. The smallest absolute Gasteiger partial charge is 0.161 e. The van der Waals surface area contributed by atoms with Crippen molar-refractivity contribution in [2.24, 2.45) is 5.92 Å². The number of aryl methyl sites for hydroxylation is 1. The number of hydrogen-bond donors (Lipinski definition) is 2. The second-order valence-corrected chi connectivity index (χ2v) is 9.47. The molecule has 0 atom stereocenters. The van der Waals surface area contributed by atoms with Gasteiger partial charge in [0.05, 0.1) is 13.2 Å². The van der Waals surface area contributed by atoms with E-state index in [-0.39, 0.29) is 12.4 Å². The maximum Gasteiger partial charge on any atom is 0.161 e. The van der Waals surface area contributed by atoms with E-state index in [0.29, 0.717) is 24.7 Å². The van der Waals surface area contributed by atoms with Crippen molar-refractivity contribution in [1.29, 1.82) is 0 Å². The second-order valence-electron chi connectivity index (χ2n) is 9.47. The van der Waals surface area contributed by atoms with Crippen LogP contribution in [-0.2, 0) is 0 Å². The minimum absolute atomic E-state index is 0.0402. The summed E-state index contributed by atoms with van der Waals surface area (Å²) in [5.74, 6) is 2.22. The van der Waals surface area contributed by atoms with Crippen LogP contribution in [0, 0.1) is 12.8 Å². The third kappa shape index (κ3) is 6.62. The Balaban J connectivity index is 1.64. The zero-order valence-corrected chi connectivity index (χ0v) is 19.9. The van der Waals surface area contributed by atoms with Crippen LogP contribution in [0.1, 0.15) is 81.8 Å². The summed E-state index contributed by atoms with van der Waals surface area (Å²) in [6.45, 7) is 8.63. The Morgan fingerprint density at radius 2 is 1.75 bits per heavy atom. The highest BCUT2D eigenvalue weighted by Gasteiger charge is 2.23. The van der Waals surface area contributed by atoms with E-state index in [0.717, 1.165) is 22.6 Å². The number of aliphatic hydroxyl groups is 1. The first kappa shape index (κ1) is 24.4. The maximum absolute atomic E-state index is 10.2. The third-order valence-electron chi connectivity index (χ3n) is 7.00. The Kier molecular flexibility index (Phi) is 9.23. The molecule has 0 aliphatic heterocycles. The number of aliphatic hydroxyl groups excluding tert-OH is 1. The molecule has 0 radical (unpaired) electrons. The van der Waals surface area contributed by atoms with E-state index in [9.17, 15) is 5.11 Å². The second kappa shape index (κ2) is 12.1. The van der Waals surface area contributed by atoms with Crippen LogP contribution in [0.25, 0.3) is 11.1 Å². The first-order chi connectivity index (χ1) is 15.5. The molecule has 0 aromatic heterocycles. The minimum atomic E-state index is -0.0402. The van der Waals surface area contributed by atoms with Gasteiger partial charge in [0.1, 0.15) is 0 Å². The average Bonchev–Trinajstić information content (AvgIpc) is 2.81. The molecule has 174 valence electrons. The molecule has 3 rings (SSSR count). The van der Waals surface area contributed by atoms with Crippen molar-refractivity contribution in [3.8, 4) is 22.6 Å². The predicted molar refractivity (Wildman–Crippen MR) is 133 cm³/mol. The first-order valence-electron chi connectivity index (χ1n) is 12.4. The van der Waals surface area contributed by atoms with E-state index < -0.39 is 0 Å². The van der Waals surface area contributed by atoms with Crippen molar-refractivity contribution < 1.29 is 14.9 Å². The summed E-state index contributed by atoms with van der Waals surface area (Å²) >= 11 is 0. The first-order valence-corrected chi connectivity index (χ1v) is 12.4. The van der Waals surface area contributed by atoms with E-state index in [4.69, 9.17) is 9.84 Å². The molecule has 0 saturated heterocycles. The van der Waals surface area contributed by atoms with Crippen LogP contribution in [0.3, 0.4) is 0 Å². The molecule has 2 N–H and O–H groups in total. The molecule has 0 bridgehead atoms. The van der Waals surface area contributed by atoms with Crippen molar-refractivity contribution in [1.82, 2.24) is 0 Å². The number of unbranched alkanes of at least 4 members (excludes halogenated alkanes) is 2. The number of rotatable bonds is 11. The van der Waals surface area contributed by atoms with Crippen molar-refractivity contribution in [3.63, 3.8) is 0 Å². The van der Waals surface area contributed by atoms with Gasteiger partial charge in [-0.15, -0.1) is 0 Å². The van der Waals surface area contributed by atoms with Gasteiger partial charge < -0.3 is 14.9 Å². The fourth-order valence-corrected chi connectivity index (χ4v) is 4.95. The van der Waals surface area contributed by atoms with Crippen LogP contribution in [0.5, 0.6) is 11.5 Å². The molecule has 1 aliphatic carbocycles. The van der Waals surface area contributed by atoms with Gasteiger partial charge in [-0.3, -0.25) is 0 Å². The fraction of sp³-hybridized carbons (Fsp3) is 0.517. The van der Waals surface area contributed by atoms with Crippen LogP contribution >= 0.6 is 0 Å². The van der Waals surface area contributed by atoms with Crippen molar-refractivity contribution in [2.75, 3.05) is 13.2 Å². The number of ether oxygens (including phenoxy) is 1. The maximum atomic E-state index is 10.2. The zero-order valence-electron chi connectivity index (χ0n) is 19.9. The van der Waals surface area contributed by atoms with Crippen molar-refractivity contribution >= 4 is 0 Å². The van der Waals surface area contributed by atoms with Gasteiger partial charge in [0.25, 0.3) is 0 Å². The van der Waals surface area contributed by atoms with Gasteiger partial charge in [-0.1, -0.05) is 63.5 Å². The number of phenols is 1. The largest absolute Gasteiger partial charge is 0.504 e. The van der Waals surface area contributed by atoms with Gasteiger partial charge in [0.15, 0.2) is 11.5 Å². The molecule has 0 amide bonds. The van der Waals surface area contributed by atoms with Crippen molar-refractivity contribution in [3.05, 3.63) is 59.7 Å². The lowest BCUT2D eigenvalue weighted by atomic mass is 9.76. The molecule has 32 heavy (non-hydrogen) atoms. The SMILES string of the molecule is C=C(CO)CCOc1cc(-c2ccc(C3CCC(CCCCC)CC3)c(C)c2)ccc1O. The van der Waals surface area contributed by atoms with E-state index in [2.05, 4.69) is 38.6 Å². The number of benzene rings is 2. The monoisotopic (exact) mass is 436 g/mol. The number of hydrogen-bond acceptors (Lipinski definition) is 3. The highest BCUT2D eigenvalue weighted by atomic mass is 16.5. The quantitative estimate of drug-likeness (QED) is 0.282. The van der Waals surface area contributed by atoms with Gasteiger partial charge in [-0.2, -0.15) is 0 Å². The summed E-state index contributed by atoms with van der Waals surface area (Å²) in [6.07, 6.45) is 11.4. The molecular weight excluding hydrogens is 396 g/mol. The molecule has 1 fully saturated rings. The summed E-state index contributed by atoms with van der Waals surface area (Å²) in [4.78, 5) is 0. The van der Waals surface area contributed by atoms with E-state index in [1.807, 2.05) is 12.1 Å². The zero-order chi connectivity index (χ0) is 22.9. The van der Waals surface area contributed by atoms with Crippen LogP contribution in [-0.4, -0.2) is 23.4 Å². The Hall–Kier alpha value is -2.26. The normalized spacial score (nSPS) is 18.5. The lowest BCUT2D eigenvalue weighted by Gasteiger charge is -2.30. The Labute approximate surface area is 194 Å². The summed E-state index contributed by atoms with van der Waals surface area (Å²) in [5.41, 5.74) is 5.75. The summed E-state index contributed by atoms with van der Waals surface area (Å²) < 4.78 is 5.74. The predicted octanol–water partition coefficient (Wildman–Crippen LogP) is 7.54. The van der Waals surface area contributed by atoms with Crippen molar-refractivity contribution in [2.45, 2.75) is 77.6 Å². The summed E-state index contributed by atoms with van der Waals surface area (Å²) in [7, 11) is 0. The van der Waals surface area contributed by atoms with E-state index in [1.165, 1.54) is 62.5 Å². The average molecular weight is 437 g/mol. The van der Waals surface area contributed by atoms with Gasteiger partial charge >= 0.3 is 0 Å². The summed E-state index contributed by atoms with van der Waals surface area (Å²) in [5, 5.41) is 19.2. The van der Waals surface area contributed by atoms with Gasteiger partial charge in [-0.05, 0) is 84.4 Å². The van der Waals surface area contributed by atoms with E-state index >= 15 is 0 Å².